The van der Waals surface area contributed by atoms with E-state index in [0.29, 0.717) is 0 Å². The van der Waals surface area contributed by atoms with Crippen LogP contribution in [0, 0.1) is 0 Å². The Kier molecular flexibility index (Phi) is 3.62. The van der Waals surface area contributed by atoms with Gasteiger partial charge in [-0.2, -0.15) is 0 Å². The van der Waals surface area contributed by atoms with E-state index in [-0.39, 0.29) is 16.9 Å². The van der Waals surface area contributed by atoms with Gasteiger partial charge < -0.3 is 4.74 Å². The Morgan fingerprint density at radius 3 is 2.38 bits per heavy atom. The number of imide groups is 1. The van der Waals surface area contributed by atoms with Gasteiger partial charge >= 0.3 is 5.97 Å². The van der Waals surface area contributed by atoms with Gasteiger partial charge in [-0.25, -0.2) is 4.79 Å². The molecular weight excluding hydrogens is 230 g/mol. The van der Waals surface area contributed by atoms with Gasteiger partial charge in [0.15, 0.2) is 0 Å². The van der Waals surface area contributed by atoms with Crippen molar-refractivity contribution in [2.75, 3.05) is 5.75 Å². The van der Waals surface area contributed by atoms with Crippen LogP contribution in [0.5, 0.6) is 0 Å². The van der Waals surface area contributed by atoms with Crippen molar-refractivity contribution in [3.05, 3.63) is 0 Å². The number of amides is 2. The number of hydrogen-bond donors (Lipinski definition) is 0. The molecule has 6 heteroatoms. The highest BCUT2D eigenvalue weighted by Gasteiger charge is 2.38. The molecule has 1 unspecified atom stereocenters. The standard InChI is InChI=1S/C10H15NO4S/c1-6(8(13)15-10(2,3)4)11-7(12)5-16-9(11)14/h6H,5H2,1-4H3. The van der Waals surface area contributed by atoms with Crippen LogP contribution in [0.4, 0.5) is 4.79 Å². The Bertz CT molecular complexity index is 318. The first-order valence-corrected chi connectivity index (χ1v) is 5.92. The lowest BCUT2D eigenvalue weighted by atomic mass is 10.2. The zero-order valence-electron chi connectivity index (χ0n) is 9.77. The number of nitrogens with zero attached hydrogens (tertiary/aromatic N) is 1. The van der Waals surface area contributed by atoms with Crippen LogP contribution in [0.1, 0.15) is 27.7 Å². The third-order valence-corrected chi connectivity index (χ3v) is 2.75. The summed E-state index contributed by atoms with van der Waals surface area (Å²) in [6, 6.07) is -0.853. The average Bonchev–Trinajstić information content (AvgIpc) is 2.42. The summed E-state index contributed by atoms with van der Waals surface area (Å²) in [5.74, 6) is -0.795. The van der Waals surface area contributed by atoms with Gasteiger partial charge in [-0.15, -0.1) is 0 Å². The molecule has 90 valence electrons. The topological polar surface area (TPSA) is 63.7 Å². The van der Waals surface area contributed by atoms with E-state index in [9.17, 15) is 14.4 Å². The number of esters is 1. The van der Waals surface area contributed by atoms with E-state index in [0.717, 1.165) is 16.7 Å². The Balaban J connectivity index is 2.70. The van der Waals surface area contributed by atoms with E-state index in [2.05, 4.69) is 0 Å². The average molecular weight is 245 g/mol. The number of ether oxygens (including phenoxy) is 1. The lowest BCUT2D eigenvalue weighted by Crippen LogP contribution is -2.44. The van der Waals surface area contributed by atoms with Gasteiger partial charge in [0.2, 0.25) is 5.91 Å². The van der Waals surface area contributed by atoms with Gasteiger partial charge in [0.1, 0.15) is 11.6 Å². The van der Waals surface area contributed by atoms with Crippen molar-refractivity contribution in [3.8, 4) is 0 Å². The van der Waals surface area contributed by atoms with E-state index < -0.39 is 17.6 Å². The molecule has 0 N–H and O–H groups in total. The van der Waals surface area contributed by atoms with Crippen molar-refractivity contribution in [2.45, 2.75) is 39.3 Å². The largest absolute Gasteiger partial charge is 0.458 e. The van der Waals surface area contributed by atoms with Gasteiger partial charge in [0, 0.05) is 0 Å². The number of carbonyl (C=O) groups is 3. The Hall–Kier alpha value is -1.04. The SMILES string of the molecule is CC(C(=O)OC(C)(C)C)N1C(=O)CSC1=O. The van der Waals surface area contributed by atoms with Crippen molar-refractivity contribution in [2.24, 2.45) is 0 Å². The fourth-order valence-electron chi connectivity index (χ4n) is 1.23. The van der Waals surface area contributed by atoms with Crippen LogP contribution in [0.15, 0.2) is 0 Å². The van der Waals surface area contributed by atoms with Crippen LogP contribution in [0.25, 0.3) is 0 Å². The predicted octanol–water partition coefficient (Wildman–Crippen LogP) is 1.41. The molecule has 1 atom stereocenters. The van der Waals surface area contributed by atoms with E-state index in [1.807, 2.05) is 0 Å². The van der Waals surface area contributed by atoms with Crippen molar-refractivity contribution in [1.29, 1.82) is 0 Å². The van der Waals surface area contributed by atoms with Crippen molar-refractivity contribution in [1.82, 2.24) is 4.90 Å². The molecule has 0 saturated carbocycles. The summed E-state index contributed by atoms with van der Waals surface area (Å²) in [6.45, 7) is 6.70. The quantitative estimate of drug-likeness (QED) is 0.688. The molecule has 0 aromatic heterocycles. The minimum absolute atomic E-state index is 0.103. The molecule has 5 nitrogen and oxygen atoms in total. The zero-order chi connectivity index (χ0) is 12.5. The maximum atomic E-state index is 11.7. The number of rotatable bonds is 2. The molecule has 0 radical (unpaired) electrons. The van der Waals surface area contributed by atoms with Crippen molar-refractivity contribution < 1.29 is 19.1 Å². The first kappa shape index (κ1) is 13.0. The highest BCUT2D eigenvalue weighted by Crippen LogP contribution is 2.22. The van der Waals surface area contributed by atoms with Crippen molar-refractivity contribution >= 4 is 28.9 Å². The van der Waals surface area contributed by atoms with Crippen molar-refractivity contribution in [3.63, 3.8) is 0 Å². The smallest absolute Gasteiger partial charge is 0.329 e. The summed E-state index contributed by atoms with van der Waals surface area (Å²) < 4.78 is 5.11. The Morgan fingerprint density at radius 2 is 2.00 bits per heavy atom. The number of hydrogen-bond acceptors (Lipinski definition) is 5. The van der Waals surface area contributed by atoms with Crippen LogP contribution in [-0.4, -0.2) is 39.4 Å². The van der Waals surface area contributed by atoms with Crippen LogP contribution >= 0.6 is 11.8 Å². The highest BCUT2D eigenvalue weighted by molar-refractivity contribution is 8.14. The van der Waals surface area contributed by atoms with Gasteiger partial charge in [-0.05, 0) is 27.7 Å². The van der Waals surface area contributed by atoms with Gasteiger partial charge in [0.25, 0.3) is 5.24 Å². The van der Waals surface area contributed by atoms with Crippen LogP contribution < -0.4 is 0 Å². The third kappa shape index (κ3) is 2.98. The van der Waals surface area contributed by atoms with E-state index in [4.69, 9.17) is 4.74 Å². The van der Waals surface area contributed by atoms with E-state index in [1.165, 1.54) is 6.92 Å². The maximum absolute atomic E-state index is 11.7. The second-order valence-electron chi connectivity index (χ2n) is 4.53. The summed E-state index contributed by atoms with van der Waals surface area (Å²) in [4.78, 5) is 35.3. The minimum Gasteiger partial charge on any atom is -0.458 e. The van der Waals surface area contributed by atoms with Gasteiger partial charge in [-0.3, -0.25) is 14.5 Å². The second kappa shape index (κ2) is 4.45. The summed E-state index contributed by atoms with van der Waals surface area (Å²) in [5, 5.41) is -0.386. The Morgan fingerprint density at radius 1 is 1.44 bits per heavy atom. The van der Waals surface area contributed by atoms with E-state index >= 15 is 0 Å². The molecule has 1 rings (SSSR count). The van der Waals surface area contributed by atoms with Gasteiger partial charge in [0.05, 0.1) is 5.75 Å². The zero-order valence-corrected chi connectivity index (χ0v) is 10.6. The summed E-state index contributed by atoms with van der Waals surface area (Å²) >= 11 is 0.907. The van der Waals surface area contributed by atoms with Crippen LogP contribution in [-0.2, 0) is 14.3 Å². The Labute approximate surface area is 98.5 Å². The van der Waals surface area contributed by atoms with Gasteiger partial charge in [-0.1, -0.05) is 11.8 Å². The predicted molar refractivity (Wildman–Crippen MR) is 60.0 cm³/mol. The molecule has 0 spiro atoms. The molecule has 1 aliphatic rings. The monoisotopic (exact) mass is 245 g/mol. The molecule has 16 heavy (non-hydrogen) atoms. The van der Waals surface area contributed by atoms with E-state index in [1.54, 1.807) is 20.8 Å². The first-order valence-electron chi connectivity index (χ1n) is 4.94. The summed E-state index contributed by atoms with van der Waals surface area (Å²) in [6.07, 6.45) is 0. The summed E-state index contributed by atoms with van der Waals surface area (Å²) in [5.41, 5.74) is -0.621. The molecule has 1 saturated heterocycles. The lowest BCUT2D eigenvalue weighted by molar-refractivity contribution is -0.161. The first-order chi connectivity index (χ1) is 7.22. The third-order valence-electron chi connectivity index (χ3n) is 1.92. The lowest BCUT2D eigenvalue weighted by Gasteiger charge is -2.25. The maximum Gasteiger partial charge on any atom is 0.329 e. The minimum atomic E-state index is -0.853. The van der Waals surface area contributed by atoms with Crippen LogP contribution in [0.3, 0.4) is 0 Å². The normalized spacial score (nSPS) is 18.9. The number of carbonyl (C=O) groups excluding carboxylic acids is 3. The molecule has 0 aliphatic carbocycles. The highest BCUT2D eigenvalue weighted by atomic mass is 32.2. The second-order valence-corrected chi connectivity index (χ2v) is 5.45. The molecule has 2 amide bonds. The molecule has 0 bridgehead atoms. The molecule has 0 aromatic carbocycles. The molecule has 1 aliphatic heterocycles. The van der Waals surface area contributed by atoms with Crippen LogP contribution in [0.2, 0.25) is 0 Å². The summed E-state index contributed by atoms with van der Waals surface area (Å²) in [7, 11) is 0. The molecule has 0 aromatic rings. The molecular formula is C10H15NO4S. The fourth-order valence-corrected chi connectivity index (χ4v) is 2.02. The molecule has 1 fully saturated rings. The molecule has 1 heterocycles. The number of thioether (sulfide) groups is 1. The fraction of sp³-hybridized carbons (Fsp3) is 0.700.